The minimum Gasteiger partial charge on any atom is -0.404 e. The van der Waals surface area contributed by atoms with E-state index in [0.717, 1.165) is 23.0 Å². The van der Waals surface area contributed by atoms with E-state index < -0.39 is 18.1 Å². The first kappa shape index (κ1) is 22.8. The molecule has 0 radical (unpaired) electrons. The molecule has 2 aromatic heterocycles. The van der Waals surface area contributed by atoms with Gasteiger partial charge in [-0.2, -0.15) is 5.10 Å². The van der Waals surface area contributed by atoms with Crippen LogP contribution in [0.25, 0.3) is 5.82 Å². The number of urea groups is 1. The van der Waals surface area contributed by atoms with Crippen molar-refractivity contribution in [3.8, 4) is 11.6 Å². The van der Waals surface area contributed by atoms with E-state index >= 15 is 0 Å². The van der Waals surface area contributed by atoms with Crippen LogP contribution in [0.2, 0.25) is 0 Å². The standard InChI is InChI=1S/C20H22F3N7O2/c1-12-13(2)29-30(14(12)3)18-9-8-17(27-28-18)24-10-11-25-19(31)26-15-6-4-5-7-16(15)32-20(21,22)23/h4-9H,10-11H2,1-3H3,(H,24,27)(H2,25,26,31). The summed E-state index contributed by atoms with van der Waals surface area (Å²) in [4.78, 5) is 12.0. The Morgan fingerprint density at radius 1 is 1.06 bits per heavy atom. The van der Waals surface area contributed by atoms with Gasteiger partial charge in [-0.1, -0.05) is 12.1 Å². The molecule has 3 N–H and O–H groups in total. The Morgan fingerprint density at radius 2 is 1.81 bits per heavy atom. The van der Waals surface area contributed by atoms with E-state index in [9.17, 15) is 18.0 Å². The average molecular weight is 449 g/mol. The molecule has 3 aromatic rings. The zero-order valence-electron chi connectivity index (χ0n) is 17.6. The summed E-state index contributed by atoms with van der Waals surface area (Å²) in [6, 6.07) is 8.10. The van der Waals surface area contributed by atoms with E-state index in [0.29, 0.717) is 18.2 Å². The molecule has 0 aliphatic rings. The Morgan fingerprint density at radius 3 is 2.44 bits per heavy atom. The van der Waals surface area contributed by atoms with Crippen molar-refractivity contribution in [3.63, 3.8) is 0 Å². The normalized spacial score (nSPS) is 11.2. The number of alkyl halides is 3. The highest BCUT2D eigenvalue weighted by atomic mass is 19.4. The summed E-state index contributed by atoms with van der Waals surface area (Å²) >= 11 is 0. The average Bonchev–Trinajstić information content (AvgIpc) is 2.99. The second-order valence-electron chi connectivity index (χ2n) is 6.84. The van der Waals surface area contributed by atoms with Crippen LogP contribution in [0.4, 0.5) is 29.5 Å². The third-order valence-corrected chi connectivity index (χ3v) is 4.60. The zero-order valence-corrected chi connectivity index (χ0v) is 17.6. The molecule has 0 atom stereocenters. The predicted molar refractivity (Wildman–Crippen MR) is 112 cm³/mol. The summed E-state index contributed by atoms with van der Waals surface area (Å²) in [6.45, 7) is 6.37. The second-order valence-corrected chi connectivity index (χ2v) is 6.84. The molecular formula is C20H22F3N7O2. The Kier molecular flexibility index (Phi) is 6.81. The van der Waals surface area contributed by atoms with Gasteiger partial charge in [0.1, 0.15) is 5.82 Å². The van der Waals surface area contributed by atoms with Gasteiger partial charge in [-0.25, -0.2) is 9.48 Å². The van der Waals surface area contributed by atoms with Crippen LogP contribution in [0, 0.1) is 20.8 Å². The van der Waals surface area contributed by atoms with Crippen LogP contribution in [0.1, 0.15) is 17.0 Å². The predicted octanol–water partition coefficient (Wildman–Crippen LogP) is 3.72. The highest BCUT2D eigenvalue weighted by Gasteiger charge is 2.32. The molecule has 2 heterocycles. The van der Waals surface area contributed by atoms with Gasteiger partial charge in [-0.05, 0) is 50.6 Å². The molecule has 0 bridgehead atoms. The largest absolute Gasteiger partial charge is 0.573 e. The van der Waals surface area contributed by atoms with E-state index in [1.54, 1.807) is 16.8 Å². The quantitative estimate of drug-likeness (QED) is 0.475. The summed E-state index contributed by atoms with van der Waals surface area (Å²) in [5.41, 5.74) is 2.89. The van der Waals surface area contributed by atoms with Crippen molar-refractivity contribution in [2.45, 2.75) is 27.1 Å². The first-order valence-electron chi connectivity index (χ1n) is 9.64. The Bertz CT molecular complexity index is 1080. The monoisotopic (exact) mass is 449 g/mol. The van der Waals surface area contributed by atoms with Crippen LogP contribution in [0.3, 0.4) is 0 Å². The molecule has 0 fully saturated rings. The summed E-state index contributed by atoms with van der Waals surface area (Å²) < 4.78 is 43.0. The van der Waals surface area contributed by atoms with Crippen LogP contribution < -0.4 is 20.7 Å². The van der Waals surface area contributed by atoms with Crippen molar-refractivity contribution >= 4 is 17.5 Å². The molecule has 0 aliphatic carbocycles. The minimum absolute atomic E-state index is 0.101. The number of amides is 2. The number of nitrogens with zero attached hydrogens (tertiary/aromatic N) is 4. The summed E-state index contributed by atoms with van der Waals surface area (Å²) in [6.07, 6.45) is -4.86. The number of aromatic nitrogens is 4. The number of carbonyl (C=O) groups excluding carboxylic acids is 1. The lowest BCUT2D eigenvalue weighted by molar-refractivity contribution is -0.274. The first-order chi connectivity index (χ1) is 15.1. The minimum atomic E-state index is -4.86. The highest BCUT2D eigenvalue weighted by molar-refractivity contribution is 5.90. The first-order valence-corrected chi connectivity index (χ1v) is 9.64. The molecule has 0 spiro atoms. The number of halogens is 3. The fourth-order valence-corrected chi connectivity index (χ4v) is 2.79. The van der Waals surface area contributed by atoms with Crippen LogP contribution in [-0.4, -0.2) is 45.5 Å². The van der Waals surface area contributed by atoms with E-state index in [4.69, 9.17) is 0 Å². The van der Waals surface area contributed by atoms with Crippen LogP contribution >= 0.6 is 0 Å². The van der Waals surface area contributed by atoms with Crippen molar-refractivity contribution in [1.29, 1.82) is 0 Å². The SMILES string of the molecule is Cc1nn(-c2ccc(NCCNC(=O)Nc3ccccc3OC(F)(F)F)nn2)c(C)c1C. The lowest BCUT2D eigenvalue weighted by atomic mass is 10.2. The number of hydrogen-bond donors (Lipinski definition) is 3. The molecule has 0 unspecified atom stereocenters. The third-order valence-electron chi connectivity index (χ3n) is 4.60. The van der Waals surface area contributed by atoms with Gasteiger partial charge in [0.15, 0.2) is 11.6 Å². The number of anilines is 2. The van der Waals surface area contributed by atoms with Gasteiger partial charge in [0, 0.05) is 18.8 Å². The van der Waals surface area contributed by atoms with Gasteiger partial charge < -0.3 is 20.7 Å². The molecule has 12 heteroatoms. The van der Waals surface area contributed by atoms with E-state index in [1.807, 2.05) is 20.8 Å². The van der Waals surface area contributed by atoms with E-state index in [-0.39, 0.29) is 12.2 Å². The van der Waals surface area contributed by atoms with Crippen molar-refractivity contribution in [1.82, 2.24) is 25.3 Å². The van der Waals surface area contributed by atoms with Crippen LogP contribution in [-0.2, 0) is 0 Å². The number of ether oxygens (including phenoxy) is 1. The Hall–Kier alpha value is -3.83. The number of para-hydroxylation sites is 2. The number of nitrogens with one attached hydrogen (secondary N) is 3. The Balaban J connectivity index is 1.47. The van der Waals surface area contributed by atoms with E-state index in [2.05, 4.69) is 36.0 Å². The molecule has 32 heavy (non-hydrogen) atoms. The number of rotatable bonds is 7. The number of carbonyl (C=O) groups is 1. The van der Waals surface area contributed by atoms with Crippen molar-refractivity contribution in [2.75, 3.05) is 23.7 Å². The van der Waals surface area contributed by atoms with Gasteiger partial charge in [0.05, 0.1) is 11.4 Å². The smallest absolute Gasteiger partial charge is 0.404 e. The van der Waals surface area contributed by atoms with Gasteiger partial charge in [0.2, 0.25) is 0 Å². The molecule has 9 nitrogen and oxygen atoms in total. The molecule has 1 aromatic carbocycles. The lowest BCUT2D eigenvalue weighted by Gasteiger charge is -2.14. The Labute approximate surface area is 182 Å². The molecule has 0 aliphatic heterocycles. The fraction of sp³-hybridized carbons (Fsp3) is 0.300. The van der Waals surface area contributed by atoms with E-state index in [1.165, 1.54) is 18.2 Å². The van der Waals surface area contributed by atoms with Gasteiger partial charge in [-0.15, -0.1) is 23.4 Å². The number of benzene rings is 1. The maximum Gasteiger partial charge on any atom is 0.573 e. The highest BCUT2D eigenvalue weighted by Crippen LogP contribution is 2.29. The van der Waals surface area contributed by atoms with Crippen molar-refractivity contribution in [2.24, 2.45) is 0 Å². The maximum atomic E-state index is 12.5. The molecule has 3 rings (SSSR count). The van der Waals surface area contributed by atoms with Crippen molar-refractivity contribution in [3.05, 3.63) is 53.3 Å². The van der Waals surface area contributed by atoms with Gasteiger partial charge in [0.25, 0.3) is 0 Å². The van der Waals surface area contributed by atoms with Crippen LogP contribution in [0.15, 0.2) is 36.4 Å². The number of hydrogen-bond acceptors (Lipinski definition) is 6. The molecule has 0 saturated heterocycles. The zero-order chi connectivity index (χ0) is 23.3. The molecule has 2 amide bonds. The lowest BCUT2D eigenvalue weighted by Crippen LogP contribution is -2.33. The second kappa shape index (κ2) is 9.54. The van der Waals surface area contributed by atoms with Crippen molar-refractivity contribution < 1.29 is 22.7 Å². The molecule has 170 valence electrons. The molecule has 0 saturated carbocycles. The third kappa shape index (κ3) is 5.86. The summed E-state index contributed by atoms with van der Waals surface area (Å²) in [5.74, 6) is 0.584. The number of aryl methyl sites for hydroxylation is 1. The summed E-state index contributed by atoms with van der Waals surface area (Å²) in [5, 5.41) is 20.5. The fourth-order valence-electron chi connectivity index (χ4n) is 2.79. The topological polar surface area (TPSA) is 106 Å². The maximum absolute atomic E-state index is 12.5. The van der Waals surface area contributed by atoms with Gasteiger partial charge in [-0.3, -0.25) is 0 Å². The van der Waals surface area contributed by atoms with Gasteiger partial charge >= 0.3 is 12.4 Å². The molecular weight excluding hydrogens is 427 g/mol. The van der Waals surface area contributed by atoms with Crippen LogP contribution in [0.5, 0.6) is 5.75 Å². The summed E-state index contributed by atoms with van der Waals surface area (Å²) in [7, 11) is 0.